The summed E-state index contributed by atoms with van der Waals surface area (Å²) in [7, 11) is 1.62. The number of aryl methyl sites for hydroxylation is 2. The number of benzene rings is 1. The first-order valence-corrected chi connectivity index (χ1v) is 6.61. The average Bonchev–Trinajstić information content (AvgIpc) is 2.69. The molecule has 0 aliphatic carbocycles. The van der Waals surface area contributed by atoms with E-state index in [1.165, 1.54) is 0 Å². The van der Waals surface area contributed by atoms with Crippen LogP contribution in [0.5, 0.6) is 17.4 Å². The Kier molecular flexibility index (Phi) is 3.88. The van der Waals surface area contributed by atoms with Crippen molar-refractivity contribution in [2.75, 3.05) is 12.8 Å². The molecule has 0 spiro atoms. The first-order chi connectivity index (χ1) is 9.43. The second kappa shape index (κ2) is 5.45. The maximum absolute atomic E-state index is 6.06. The van der Waals surface area contributed by atoms with Crippen LogP contribution in [-0.2, 0) is 0 Å². The van der Waals surface area contributed by atoms with Crippen molar-refractivity contribution in [3.05, 3.63) is 29.5 Å². The third-order valence-corrected chi connectivity index (χ3v) is 3.10. The molecule has 0 bridgehead atoms. The van der Waals surface area contributed by atoms with E-state index in [1.807, 2.05) is 45.9 Å². The molecular weight excluding hydrogens is 254 g/mol. The predicted molar refractivity (Wildman–Crippen MR) is 79.6 cm³/mol. The zero-order chi connectivity index (χ0) is 14.9. The van der Waals surface area contributed by atoms with E-state index < -0.39 is 0 Å². The lowest BCUT2D eigenvalue weighted by atomic mass is 10.2. The minimum atomic E-state index is 0.164. The lowest BCUT2D eigenvalue weighted by molar-refractivity contribution is 0.352. The third-order valence-electron chi connectivity index (χ3n) is 3.10. The Labute approximate surface area is 119 Å². The molecule has 0 saturated heterocycles. The monoisotopic (exact) mass is 275 g/mol. The molecule has 2 rings (SSSR count). The second-order valence-corrected chi connectivity index (χ2v) is 5.10. The van der Waals surface area contributed by atoms with Gasteiger partial charge in [-0.2, -0.15) is 5.10 Å². The smallest absolute Gasteiger partial charge is 0.241 e. The van der Waals surface area contributed by atoms with Crippen LogP contribution in [0, 0.1) is 13.8 Å². The van der Waals surface area contributed by atoms with E-state index >= 15 is 0 Å². The van der Waals surface area contributed by atoms with Crippen molar-refractivity contribution in [2.45, 2.75) is 33.7 Å². The van der Waals surface area contributed by atoms with Crippen molar-refractivity contribution in [1.29, 1.82) is 0 Å². The Bertz CT molecular complexity index is 618. The van der Waals surface area contributed by atoms with Crippen molar-refractivity contribution in [2.24, 2.45) is 0 Å². The molecule has 108 valence electrons. The zero-order valence-electron chi connectivity index (χ0n) is 12.6. The molecule has 20 heavy (non-hydrogen) atoms. The third kappa shape index (κ3) is 2.57. The van der Waals surface area contributed by atoms with E-state index in [-0.39, 0.29) is 6.04 Å². The maximum atomic E-state index is 6.06. The van der Waals surface area contributed by atoms with E-state index in [0.29, 0.717) is 23.1 Å². The van der Waals surface area contributed by atoms with Crippen LogP contribution in [0.4, 0.5) is 5.69 Å². The topological polar surface area (TPSA) is 62.3 Å². The van der Waals surface area contributed by atoms with Crippen molar-refractivity contribution >= 4 is 5.69 Å². The SMILES string of the molecule is COc1cc(C)ccc1Oc1c(N)c(C)nn1C(C)C. The largest absolute Gasteiger partial charge is 0.493 e. The number of rotatable bonds is 4. The molecule has 0 aliphatic rings. The number of methoxy groups -OCH3 is 1. The Balaban J connectivity index is 2.44. The van der Waals surface area contributed by atoms with Gasteiger partial charge in [0, 0.05) is 0 Å². The normalized spacial score (nSPS) is 10.9. The summed E-state index contributed by atoms with van der Waals surface area (Å²) < 4.78 is 13.1. The summed E-state index contributed by atoms with van der Waals surface area (Å²) >= 11 is 0. The lowest BCUT2D eigenvalue weighted by Gasteiger charge is -2.14. The second-order valence-electron chi connectivity index (χ2n) is 5.10. The fourth-order valence-electron chi connectivity index (χ4n) is 1.95. The molecule has 0 amide bonds. The average molecular weight is 275 g/mol. The number of anilines is 1. The van der Waals surface area contributed by atoms with E-state index in [9.17, 15) is 0 Å². The summed E-state index contributed by atoms with van der Waals surface area (Å²) in [6, 6.07) is 5.93. The maximum Gasteiger partial charge on any atom is 0.241 e. The summed E-state index contributed by atoms with van der Waals surface area (Å²) in [5.41, 5.74) is 8.49. The summed E-state index contributed by atoms with van der Waals surface area (Å²) in [4.78, 5) is 0. The van der Waals surface area contributed by atoms with Crippen molar-refractivity contribution in [3.63, 3.8) is 0 Å². The van der Waals surface area contributed by atoms with Gasteiger partial charge in [0.2, 0.25) is 5.88 Å². The van der Waals surface area contributed by atoms with Crippen molar-refractivity contribution in [1.82, 2.24) is 9.78 Å². The van der Waals surface area contributed by atoms with E-state index in [4.69, 9.17) is 15.2 Å². The molecule has 0 radical (unpaired) electrons. The number of nitrogen functional groups attached to an aromatic ring is 1. The first-order valence-electron chi connectivity index (χ1n) is 6.61. The van der Waals surface area contributed by atoms with Crippen LogP contribution < -0.4 is 15.2 Å². The van der Waals surface area contributed by atoms with Crippen LogP contribution in [0.1, 0.15) is 31.1 Å². The molecule has 1 aromatic carbocycles. The van der Waals surface area contributed by atoms with Gasteiger partial charge in [-0.1, -0.05) is 6.07 Å². The van der Waals surface area contributed by atoms with Crippen molar-refractivity contribution < 1.29 is 9.47 Å². The van der Waals surface area contributed by atoms with E-state index in [2.05, 4.69) is 5.10 Å². The van der Waals surface area contributed by atoms with Gasteiger partial charge in [0.25, 0.3) is 0 Å². The molecule has 1 aromatic heterocycles. The van der Waals surface area contributed by atoms with Crippen LogP contribution in [0.2, 0.25) is 0 Å². The first kappa shape index (κ1) is 14.2. The highest BCUT2D eigenvalue weighted by molar-refractivity contribution is 5.55. The van der Waals surface area contributed by atoms with Crippen LogP contribution in [0.3, 0.4) is 0 Å². The lowest BCUT2D eigenvalue weighted by Crippen LogP contribution is -2.06. The number of hydrogen-bond donors (Lipinski definition) is 1. The molecule has 5 nitrogen and oxygen atoms in total. The molecule has 5 heteroatoms. The minimum Gasteiger partial charge on any atom is -0.493 e. The molecule has 0 atom stereocenters. The molecule has 0 unspecified atom stereocenters. The molecule has 0 saturated carbocycles. The van der Waals surface area contributed by atoms with Crippen LogP contribution in [0.25, 0.3) is 0 Å². The standard InChI is InChI=1S/C15H21N3O2/c1-9(2)18-15(14(16)11(4)17-18)20-12-7-6-10(3)8-13(12)19-5/h6-9H,16H2,1-5H3. The molecular formula is C15H21N3O2. The highest BCUT2D eigenvalue weighted by Gasteiger charge is 2.18. The highest BCUT2D eigenvalue weighted by Crippen LogP contribution is 2.37. The predicted octanol–water partition coefficient (Wildman–Crippen LogP) is 3.46. The highest BCUT2D eigenvalue weighted by atomic mass is 16.5. The van der Waals surface area contributed by atoms with Crippen LogP contribution >= 0.6 is 0 Å². The van der Waals surface area contributed by atoms with Gasteiger partial charge in [-0.15, -0.1) is 0 Å². The number of aromatic nitrogens is 2. The summed E-state index contributed by atoms with van der Waals surface area (Å²) in [6.07, 6.45) is 0. The molecule has 1 heterocycles. The van der Waals surface area contributed by atoms with Gasteiger partial charge in [0.1, 0.15) is 5.69 Å². The molecule has 0 fully saturated rings. The van der Waals surface area contributed by atoms with Gasteiger partial charge in [-0.25, -0.2) is 4.68 Å². The Morgan fingerprint density at radius 2 is 1.90 bits per heavy atom. The van der Waals surface area contributed by atoms with E-state index in [0.717, 1.165) is 11.3 Å². The van der Waals surface area contributed by atoms with Crippen LogP contribution in [-0.4, -0.2) is 16.9 Å². The van der Waals surface area contributed by atoms with Gasteiger partial charge in [0.15, 0.2) is 11.5 Å². The summed E-state index contributed by atoms with van der Waals surface area (Å²) in [6.45, 7) is 7.94. The number of hydrogen-bond acceptors (Lipinski definition) is 4. The summed E-state index contributed by atoms with van der Waals surface area (Å²) in [5.74, 6) is 1.87. The Morgan fingerprint density at radius 3 is 2.50 bits per heavy atom. The molecule has 0 aliphatic heterocycles. The van der Waals surface area contributed by atoms with Gasteiger partial charge in [-0.05, 0) is 45.4 Å². The zero-order valence-corrected chi connectivity index (χ0v) is 12.6. The summed E-state index contributed by atoms with van der Waals surface area (Å²) in [5, 5.41) is 4.40. The van der Waals surface area contributed by atoms with E-state index in [1.54, 1.807) is 11.8 Å². The number of nitrogens with two attached hydrogens (primary N) is 1. The minimum absolute atomic E-state index is 0.164. The van der Waals surface area contributed by atoms with Gasteiger partial charge >= 0.3 is 0 Å². The fraction of sp³-hybridized carbons (Fsp3) is 0.400. The van der Waals surface area contributed by atoms with Gasteiger partial charge in [-0.3, -0.25) is 0 Å². The van der Waals surface area contributed by atoms with Crippen molar-refractivity contribution in [3.8, 4) is 17.4 Å². The fourth-order valence-corrected chi connectivity index (χ4v) is 1.95. The Morgan fingerprint density at radius 1 is 1.20 bits per heavy atom. The van der Waals surface area contributed by atoms with Gasteiger partial charge < -0.3 is 15.2 Å². The molecule has 2 N–H and O–H groups in total. The number of ether oxygens (including phenoxy) is 2. The van der Waals surface area contributed by atoms with Gasteiger partial charge in [0.05, 0.1) is 18.8 Å². The Hall–Kier alpha value is -2.17. The number of nitrogens with zero attached hydrogens (tertiary/aromatic N) is 2. The van der Waals surface area contributed by atoms with Crippen LogP contribution in [0.15, 0.2) is 18.2 Å². The molecule has 2 aromatic rings. The quantitative estimate of drug-likeness (QED) is 0.928.